The molecule has 0 aliphatic carbocycles. The van der Waals surface area contributed by atoms with Gasteiger partial charge >= 0.3 is 5.97 Å². The summed E-state index contributed by atoms with van der Waals surface area (Å²) in [5.74, 6) is -1.13. The topological polar surface area (TPSA) is 83.9 Å². The van der Waals surface area contributed by atoms with E-state index in [4.69, 9.17) is 4.74 Å². The van der Waals surface area contributed by atoms with E-state index in [9.17, 15) is 18.3 Å². The van der Waals surface area contributed by atoms with Gasteiger partial charge in [0, 0.05) is 19.0 Å². The van der Waals surface area contributed by atoms with Gasteiger partial charge in [-0.15, -0.1) is 0 Å². The van der Waals surface area contributed by atoms with Crippen molar-refractivity contribution in [2.24, 2.45) is 11.8 Å². The molecule has 2 fully saturated rings. The van der Waals surface area contributed by atoms with Gasteiger partial charge in [0.25, 0.3) is 0 Å². The third-order valence-electron chi connectivity index (χ3n) is 4.17. The molecular formula is C14H17NO5S. The summed E-state index contributed by atoms with van der Waals surface area (Å²) in [5, 5.41) is 10.1. The van der Waals surface area contributed by atoms with Crippen LogP contribution in [0.15, 0.2) is 35.2 Å². The van der Waals surface area contributed by atoms with Gasteiger partial charge in [-0.2, -0.15) is 4.31 Å². The predicted octanol–water partition coefficient (Wildman–Crippen LogP) is 0.231. The molecule has 6 nitrogen and oxygen atoms in total. The fourth-order valence-corrected chi connectivity index (χ4v) is 4.53. The number of ether oxygens (including phenoxy) is 1. The van der Waals surface area contributed by atoms with Crippen LogP contribution in [0.25, 0.3) is 0 Å². The minimum absolute atomic E-state index is 0.0195. The van der Waals surface area contributed by atoms with E-state index in [1.54, 1.807) is 18.2 Å². The van der Waals surface area contributed by atoms with Crippen LogP contribution in [0.3, 0.4) is 0 Å². The molecule has 3 rings (SSSR count). The molecule has 2 saturated heterocycles. The maximum Gasteiger partial charge on any atom is 0.309 e. The number of benzene rings is 1. The number of carbonyl (C=O) groups is 1. The number of rotatable bonds is 3. The first-order valence-electron chi connectivity index (χ1n) is 6.90. The number of aliphatic hydroxyl groups excluding tert-OH is 1. The summed E-state index contributed by atoms with van der Waals surface area (Å²) in [6, 6.07) is 8.11. The number of aliphatic hydroxyl groups is 1. The van der Waals surface area contributed by atoms with Gasteiger partial charge in [0.2, 0.25) is 10.0 Å². The smallest absolute Gasteiger partial charge is 0.309 e. The molecule has 2 aliphatic rings. The molecule has 3 unspecified atom stereocenters. The fourth-order valence-electron chi connectivity index (χ4n) is 3.01. The van der Waals surface area contributed by atoms with Gasteiger partial charge in [0.05, 0.1) is 23.5 Å². The molecule has 1 aromatic carbocycles. The number of cyclic esters (lactones) is 1. The lowest BCUT2D eigenvalue weighted by Crippen LogP contribution is -2.30. The highest BCUT2D eigenvalue weighted by Gasteiger charge is 2.46. The van der Waals surface area contributed by atoms with Gasteiger partial charge < -0.3 is 9.84 Å². The zero-order valence-corrected chi connectivity index (χ0v) is 12.2. The van der Waals surface area contributed by atoms with Crippen molar-refractivity contribution in [1.82, 2.24) is 4.31 Å². The van der Waals surface area contributed by atoms with E-state index in [1.165, 1.54) is 16.4 Å². The maximum atomic E-state index is 12.5. The van der Waals surface area contributed by atoms with Crippen LogP contribution in [0.1, 0.15) is 6.42 Å². The Kier molecular flexibility index (Phi) is 3.73. The predicted molar refractivity (Wildman–Crippen MR) is 73.8 cm³/mol. The molecule has 0 amide bonds. The summed E-state index contributed by atoms with van der Waals surface area (Å²) in [7, 11) is -3.63. The molecule has 0 saturated carbocycles. The second-order valence-corrected chi connectivity index (χ2v) is 7.37. The van der Waals surface area contributed by atoms with E-state index in [0.717, 1.165) is 0 Å². The first kappa shape index (κ1) is 14.5. The first-order chi connectivity index (χ1) is 10.00. The van der Waals surface area contributed by atoms with E-state index in [-0.39, 0.29) is 24.0 Å². The molecular weight excluding hydrogens is 294 g/mol. The van der Waals surface area contributed by atoms with Crippen LogP contribution in [0.4, 0.5) is 0 Å². The minimum atomic E-state index is -3.63. The van der Waals surface area contributed by atoms with E-state index < -0.39 is 28.0 Å². The minimum Gasteiger partial charge on any atom is -0.465 e. The Bertz CT molecular complexity index is 630. The van der Waals surface area contributed by atoms with Crippen molar-refractivity contribution in [3.8, 4) is 0 Å². The van der Waals surface area contributed by atoms with Gasteiger partial charge in [-0.25, -0.2) is 8.42 Å². The van der Waals surface area contributed by atoms with E-state index in [2.05, 4.69) is 0 Å². The van der Waals surface area contributed by atoms with Crippen LogP contribution >= 0.6 is 0 Å². The lowest BCUT2D eigenvalue weighted by Gasteiger charge is -2.18. The van der Waals surface area contributed by atoms with Crippen molar-refractivity contribution in [2.75, 3.05) is 19.7 Å². The molecule has 7 heteroatoms. The number of carbonyl (C=O) groups excluding carboxylic acids is 1. The number of hydrogen-bond acceptors (Lipinski definition) is 5. The molecule has 21 heavy (non-hydrogen) atoms. The molecule has 0 spiro atoms. The van der Waals surface area contributed by atoms with Crippen LogP contribution in [-0.2, 0) is 19.6 Å². The summed E-state index contributed by atoms with van der Waals surface area (Å²) < 4.78 is 31.2. The van der Waals surface area contributed by atoms with Crippen molar-refractivity contribution in [2.45, 2.75) is 17.4 Å². The van der Waals surface area contributed by atoms with Crippen molar-refractivity contribution in [3.63, 3.8) is 0 Å². The highest BCUT2D eigenvalue weighted by Crippen LogP contribution is 2.33. The average molecular weight is 311 g/mol. The number of sulfonamides is 1. The Balaban J connectivity index is 1.81. The van der Waals surface area contributed by atoms with Gasteiger partial charge in [0.1, 0.15) is 0 Å². The standard InChI is InChI=1S/C14H17NO5S/c16-13-9-15(8-12(13)11-6-7-20-14(11)17)21(18,19)10-4-2-1-3-5-10/h1-5,11-13,16H,6-9H2. The molecule has 2 aliphatic heterocycles. The lowest BCUT2D eigenvalue weighted by atomic mass is 9.89. The van der Waals surface area contributed by atoms with Crippen LogP contribution in [0, 0.1) is 11.8 Å². The van der Waals surface area contributed by atoms with Crippen LogP contribution in [-0.4, -0.2) is 49.6 Å². The zero-order valence-electron chi connectivity index (χ0n) is 11.4. The molecule has 0 radical (unpaired) electrons. The van der Waals surface area contributed by atoms with E-state index >= 15 is 0 Å². The Labute approximate surface area is 123 Å². The summed E-state index contributed by atoms with van der Waals surface area (Å²) in [4.78, 5) is 11.8. The van der Waals surface area contributed by atoms with Gasteiger partial charge in [0.15, 0.2) is 0 Å². The lowest BCUT2D eigenvalue weighted by molar-refractivity contribution is -0.143. The normalized spacial score (nSPS) is 30.5. The fraction of sp³-hybridized carbons (Fsp3) is 0.500. The highest BCUT2D eigenvalue weighted by atomic mass is 32.2. The zero-order chi connectivity index (χ0) is 15.0. The number of hydrogen-bond donors (Lipinski definition) is 1. The molecule has 1 N–H and O–H groups in total. The summed E-state index contributed by atoms with van der Waals surface area (Å²) in [5.41, 5.74) is 0. The summed E-state index contributed by atoms with van der Waals surface area (Å²) in [6.45, 7) is 0.516. The van der Waals surface area contributed by atoms with Gasteiger partial charge in [-0.1, -0.05) is 18.2 Å². The van der Waals surface area contributed by atoms with E-state index in [1.807, 2.05) is 0 Å². The third-order valence-corrected chi connectivity index (χ3v) is 6.02. The SMILES string of the molecule is O=C1OCCC1C1CN(S(=O)(=O)c2ccccc2)CC1O. The highest BCUT2D eigenvalue weighted by molar-refractivity contribution is 7.89. The number of nitrogens with zero attached hydrogens (tertiary/aromatic N) is 1. The number of β-amino-alcohol motifs (C(OH)–C–C–N with tert-alkyl or cyclic N) is 1. The van der Waals surface area contributed by atoms with Gasteiger partial charge in [-0.05, 0) is 18.6 Å². The van der Waals surface area contributed by atoms with Gasteiger partial charge in [-0.3, -0.25) is 4.79 Å². The Hall–Kier alpha value is -1.44. The molecule has 0 bridgehead atoms. The Morgan fingerprint density at radius 1 is 1.19 bits per heavy atom. The van der Waals surface area contributed by atoms with Crippen LogP contribution < -0.4 is 0 Å². The molecule has 3 atom stereocenters. The van der Waals surface area contributed by atoms with Crippen molar-refractivity contribution in [1.29, 1.82) is 0 Å². The van der Waals surface area contributed by atoms with E-state index in [0.29, 0.717) is 13.0 Å². The second kappa shape index (κ2) is 5.40. The largest absolute Gasteiger partial charge is 0.465 e. The molecule has 2 heterocycles. The molecule has 1 aromatic rings. The van der Waals surface area contributed by atoms with Crippen LogP contribution in [0.2, 0.25) is 0 Å². The Morgan fingerprint density at radius 3 is 2.52 bits per heavy atom. The Morgan fingerprint density at radius 2 is 1.90 bits per heavy atom. The number of esters is 1. The van der Waals surface area contributed by atoms with Crippen molar-refractivity contribution in [3.05, 3.63) is 30.3 Å². The van der Waals surface area contributed by atoms with Crippen molar-refractivity contribution >= 4 is 16.0 Å². The maximum absolute atomic E-state index is 12.5. The molecule has 114 valence electrons. The van der Waals surface area contributed by atoms with Crippen molar-refractivity contribution < 1.29 is 23.1 Å². The second-order valence-electron chi connectivity index (χ2n) is 5.43. The summed E-state index contributed by atoms with van der Waals surface area (Å²) in [6.07, 6.45) is -0.293. The summed E-state index contributed by atoms with van der Waals surface area (Å²) >= 11 is 0. The molecule has 0 aromatic heterocycles. The van der Waals surface area contributed by atoms with Crippen LogP contribution in [0.5, 0.6) is 0 Å². The monoisotopic (exact) mass is 311 g/mol. The average Bonchev–Trinajstić information content (AvgIpc) is 3.06. The third kappa shape index (κ3) is 2.56. The first-order valence-corrected chi connectivity index (χ1v) is 8.34. The quantitative estimate of drug-likeness (QED) is 0.808.